The van der Waals surface area contributed by atoms with E-state index in [0.29, 0.717) is 6.42 Å². The van der Waals surface area contributed by atoms with Crippen molar-refractivity contribution in [3.05, 3.63) is 0 Å². The monoisotopic (exact) mass is 344 g/mol. The smallest absolute Gasteiger partial charge is 0.309 e. The van der Waals surface area contributed by atoms with E-state index in [2.05, 4.69) is 13.8 Å². The van der Waals surface area contributed by atoms with Crippen LogP contribution in [0.25, 0.3) is 0 Å². The zero-order valence-corrected chi connectivity index (χ0v) is 16.4. The largest absolute Gasteiger partial charge is 0.481 e. The van der Waals surface area contributed by atoms with Crippen LogP contribution in [0.2, 0.25) is 0 Å². The second-order valence-corrected chi connectivity index (χ2v) is 7.26. The van der Waals surface area contributed by atoms with Crippen molar-refractivity contribution < 1.29 is 19.8 Å². The molecule has 0 saturated carbocycles. The van der Waals surface area contributed by atoms with Crippen LogP contribution in [0.1, 0.15) is 111 Å². The quantitative estimate of drug-likeness (QED) is 0.364. The van der Waals surface area contributed by atoms with Crippen molar-refractivity contribution in [3.8, 4) is 0 Å². The summed E-state index contributed by atoms with van der Waals surface area (Å²) in [6, 6.07) is 0. The number of aliphatic carboxylic acids is 2. The standard InChI is InChI=1S/2C10H20O2/c1-4-5-6-7-8-10(2,3)9(11)12;1-2-3-4-5-6-7-8-9-10(11)12/h4-8H2,1-3H3,(H,11,12);2-9H2,1H3,(H,11,12). The molecule has 0 rings (SSSR count). The average Bonchev–Trinajstić information content (AvgIpc) is 2.51. The minimum Gasteiger partial charge on any atom is -0.481 e. The van der Waals surface area contributed by atoms with Crippen molar-refractivity contribution in [1.29, 1.82) is 0 Å². The van der Waals surface area contributed by atoms with E-state index in [1.165, 1.54) is 44.9 Å². The van der Waals surface area contributed by atoms with Crippen LogP contribution < -0.4 is 0 Å². The minimum atomic E-state index is -0.681. The van der Waals surface area contributed by atoms with Gasteiger partial charge in [0, 0.05) is 6.42 Å². The summed E-state index contributed by atoms with van der Waals surface area (Å²) in [6.45, 7) is 7.94. The van der Waals surface area contributed by atoms with Gasteiger partial charge in [-0.25, -0.2) is 0 Å². The molecule has 0 aromatic heterocycles. The lowest BCUT2D eigenvalue weighted by atomic mass is 9.87. The topological polar surface area (TPSA) is 74.6 Å². The van der Waals surface area contributed by atoms with E-state index in [0.717, 1.165) is 32.1 Å². The molecule has 2 N–H and O–H groups in total. The Hall–Kier alpha value is -1.06. The van der Waals surface area contributed by atoms with Gasteiger partial charge >= 0.3 is 11.9 Å². The molecule has 0 atom stereocenters. The molecule has 4 nitrogen and oxygen atoms in total. The molecule has 0 radical (unpaired) electrons. The molecule has 24 heavy (non-hydrogen) atoms. The number of unbranched alkanes of at least 4 members (excludes halogenated alkanes) is 9. The van der Waals surface area contributed by atoms with Crippen LogP contribution in [0, 0.1) is 5.41 Å². The van der Waals surface area contributed by atoms with Crippen LogP contribution in [0.5, 0.6) is 0 Å². The number of carbonyl (C=O) groups is 2. The van der Waals surface area contributed by atoms with Crippen molar-refractivity contribution in [3.63, 3.8) is 0 Å². The average molecular weight is 345 g/mol. The Bertz CT molecular complexity index is 311. The van der Waals surface area contributed by atoms with Crippen LogP contribution >= 0.6 is 0 Å². The highest BCUT2D eigenvalue weighted by molar-refractivity contribution is 5.73. The Balaban J connectivity index is 0. The van der Waals surface area contributed by atoms with E-state index in [9.17, 15) is 9.59 Å². The molecule has 0 aromatic carbocycles. The lowest BCUT2D eigenvalue weighted by molar-refractivity contribution is -0.147. The third-order valence-electron chi connectivity index (χ3n) is 4.23. The van der Waals surface area contributed by atoms with Crippen LogP contribution in [0.4, 0.5) is 0 Å². The first-order valence-electron chi connectivity index (χ1n) is 9.73. The second kappa shape index (κ2) is 16.8. The van der Waals surface area contributed by atoms with E-state index in [4.69, 9.17) is 10.2 Å². The maximum absolute atomic E-state index is 10.7. The number of carboxylic acid groups (broad SMARTS) is 2. The molecule has 0 saturated heterocycles. The Morgan fingerprint density at radius 1 is 0.708 bits per heavy atom. The van der Waals surface area contributed by atoms with E-state index < -0.39 is 17.4 Å². The van der Waals surface area contributed by atoms with Crippen molar-refractivity contribution in [2.45, 2.75) is 111 Å². The predicted octanol–water partition coefficient (Wildman–Crippen LogP) is 6.28. The van der Waals surface area contributed by atoms with Crippen molar-refractivity contribution >= 4 is 11.9 Å². The Labute approximate surface area is 149 Å². The number of rotatable bonds is 14. The highest BCUT2D eigenvalue weighted by Crippen LogP contribution is 2.23. The van der Waals surface area contributed by atoms with Gasteiger partial charge in [-0.05, 0) is 26.7 Å². The number of carboxylic acids is 2. The summed E-state index contributed by atoms with van der Waals surface area (Å²) in [4.78, 5) is 20.8. The molecule has 0 spiro atoms. The fourth-order valence-corrected chi connectivity index (χ4v) is 2.33. The minimum absolute atomic E-state index is 0.341. The van der Waals surface area contributed by atoms with E-state index in [-0.39, 0.29) is 0 Å². The molecule has 0 amide bonds. The maximum Gasteiger partial charge on any atom is 0.309 e. The molecule has 0 bridgehead atoms. The summed E-state index contributed by atoms with van der Waals surface area (Å²) >= 11 is 0. The number of hydrogen-bond acceptors (Lipinski definition) is 2. The number of hydrogen-bond donors (Lipinski definition) is 2. The SMILES string of the molecule is CCCCCCC(C)(C)C(=O)O.CCCCCCCCCC(=O)O. The van der Waals surface area contributed by atoms with E-state index in [1.807, 2.05) is 0 Å². The van der Waals surface area contributed by atoms with Gasteiger partial charge in [0.15, 0.2) is 0 Å². The lowest BCUT2D eigenvalue weighted by Gasteiger charge is -2.18. The summed E-state index contributed by atoms with van der Waals surface area (Å²) < 4.78 is 0. The molecule has 0 aromatic rings. The molecule has 0 fully saturated rings. The Kier molecular flexibility index (Phi) is 17.6. The van der Waals surface area contributed by atoms with Crippen LogP contribution in [-0.4, -0.2) is 22.2 Å². The normalized spacial score (nSPS) is 10.8. The van der Waals surface area contributed by atoms with Crippen LogP contribution in [0.3, 0.4) is 0 Å². The molecule has 0 aliphatic carbocycles. The molecule has 0 aliphatic heterocycles. The zero-order chi connectivity index (χ0) is 18.8. The third kappa shape index (κ3) is 19.0. The van der Waals surface area contributed by atoms with Crippen molar-refractivity contribution in [2.75, 3.05) is 0 Å². The fourth-order valence-electron chi connectivity index (χ4n) is 2.33. The fraction of sp³-hybridized carbons (Fsp3) is 0.900. The van der Waals surface area contributed by atoms with Gasteiger partial charge < -0.3 is 10.2 Å². The first kappa shape index (κ1) is 25.2. The van der Waals surface area contributed by atoms with Gasteiger partial charge in [0.1, 0.15) is 0 Å². The highest BCUT2D eigenvalue weighted by Gasteiger charge is 2.25. The molecule has 144 valence electrons. The second-order valence-electron chi connectivity index (χ2n) is 7.26. The van der Waals surface area contributed by atoms with Gasteiger partial charge in [0.05, 0.1) is 5.41 Å². The Morgan fingerprint density at radius 2 is 1.12 bits per heavy atom. The third-order valence-corrected chi connectivity index (χ3v) is 4.23. The van der Waals surface area contributed by atoms with Gasteiger partial charge in [-0.3, -0.25) is 9.59 Å². The summed E-state index contributed by atoms with van der Waals surface area (Å²) in [6.07, 6.45) is 14.1. The van der Waals surface area contributed by atoms with Gasteiger partial charge in [0.25, 0.3) is 0 Å². The van der Waals surface area contributed by atoms with E-state index >= 15 is 0 Å². The van der Waals surface area contributed by atoms with Gasteiger partial charge in [0.2, 0.25) is 0 Å². The predicted molar refractivity (Wildman–Crippen MR) is 100 cm³/mol. The van der Waals surface area contributed by atoms with Crippen molar-refractivity contribution in [2.24, 2.45) is 5.41 Å². The van der Waals surface area contributed by atoms with Crippen LogP contribution in [0.15, 0.2) is 0 Å². The van der Waals surface area contributed by atoms with E-state index in [1.54, 1.807) is 13.8 Å². The van der Waals surface area contributed by atoms with Gasteiger partial charge in [-0.15, -0.1) is 0 Å². The van der Waals surface area contributed by atoms with Crippen LogP contribution in [-0.2, 0) is 9.59 Å². The lowest BCUT2D eigenvalue weighted by Crippen LogP contribution is -2.23. The zero-order valence-electron chi connectivity index (χ0n) is 16.4. The Morgan fingerprint density at radius 3 is 1.54 bits per heavy atom. The molecular formula is C20H40O4. The summed E-state index contributed by atoms with van der Waals surface area (Å²) in [5.41, 5.74) is -0.534. The summed E-state index contributed by atoms with van der Waals surface area (Å²) in [5, 5.41) is 17.2. The molecular weight excluding hydrogens is 304 g/mol. The molecule has 0 heterocycles. The van der Waals surface area contributed by atoms with Gasteiger partial charge in [-0.1, -0.05) is 78.1 Å². The first-order valence-corrected chi connectivity index (χ1v) is 9.73. The first-order chi connectivity index (χ1) is 11.3. The van der Waals surface area contributed by atoms with Crippen molar-refractivity contribution in [1.82, 2.24) is 0 Å². The maximum atomic E-state index is 10.7. The van der Waals surface area contributed by atoms with Gasteiger partial charge in [-0.2, -0.15) is 0 Å². The molecule has 0 unspecified atom stereocenters. The molecule has 4 heteroatoms. The highest BCUT2D eigenvalue weighted by atomic mass is 16.4. The summed E-state index contributed by atoms with van der Waals surface area (Å²) in [7, 11) is 0. The summed E-state index contributed by atoms with van der Waals surface area (Å²) in [5.74, 6) is -1.34. The molecule has 0 aliphatic rings.